The zero-order chi connectivity index (χ0) is 24.4. The Kier molecular flexibility index (Phi) is 5.92. The first-order chi connectivity index (χ1) is 16.4. The molecule has 34 heavy (non-hydrogen) atoms. The van der Waals surface area contributed by atoms with Crippen LogP contribution in [0.1, 0.15) is 43.7 Å². The maximum atomic E-state index is 13.7. The summed E-state index contributed by atoms with van der Waals surface area (Å²) < 4.78 is 6.13. The van der Waals surface area contributed by atoms with Crippen LogP contribution >= 0.6 is 0 Å². The number of para-hydroxylation sites is 2. The van der Waals surface area contributed by atoms with Gasteiger partial charge in [0, 0.05) is 17.0 Å². The molecule has 0 saturated heterocycles. The van der Waals surface area contributed by atoms with E-state index in [0.717, 1.165) is 4.57 Å². The van der Waals surface area contributed by atoms with Gasteiger partial charge in [-0.05, 0) is 25.1 Å². The Balaban J connectivity index is 1.98. The van der Waals surface area contributed by atoms with Crippen molar-refractivity contribution in [3.8, 4) is 0 Å². The number of benzene rings is 3. The van der Waals surface area contributed by atoms with Crippen LogP contribution in [0.25, 0.3) is 10.9 Å². The molecule has 1 heterocycles. The van der Waals surface area contributed by atoms with Gasteiger partial charge >= 0.3 is 5.97 Å². The number of nitrogens with two attached hydrogens (primary N) is 1. The van der Waals surface area contributed by atoms with Gasteiger partial charge in [0.1, 0.15) is 11.3 Å². The third-order valence-electron chi connectivity index (χ3n) is 5.33. The predicted octanol–water partition coefficient (Wildman–Crippen LogP) is 4.23. The summed E-state index contributed by atoms with van der Waals surface area (Å²) in [5.74, 6) is -2.18. The molecular weight excluding hydrogens is 438 g/mol. The minimum atomic E-state index is -0.794. The fourth-order valence-corrected chi connectivity index (χ4v) is 3.83. The fourth-order valence-electron chi connectivity index (χ4n) is 3.83. The number of esters is 1. The number of hydrogen-bond acceptors (Lipinski definition) is 7. The first-order valence-electron chi connectivity index (χ1n) is 10.3. The molecule has 3 aromatic carbocycles. The zero-order valence-electron chi connectivity index (χ0n) is 18.1. The van der Waals surface area contributed by atoms with E-state index >= 15 is 0 Å². The van der Waals surface area contributed by atoms with E-state index < -0.39 is 28.3 Å². The van der Waals surface area contributed by atoms with Gasteiger partial charge < -0.3 is 10.5 Å². The van der Waals surface area contributed by atoms with Crippen molar-refractivity contribution in [3.63, 3.8) is 0 Å². The Morgan fingerprint density at radius 1 is 0.912 bits per heavy atom. The molecule has 9 nitrogen and oxygen atoms in total. The van der Waals surface area contributed by atoms with Crippen LogP contribution in [-0.4, -0.2) is 33.8 Å². The third kappa shape index (κ3) is 3.69. The van der Waals surface area contributed by atoms with Crippen LogP contribution in [0.15, 0.2) is 72.8 Å². The SMILES string of the molecule is CCOC(=O)c1ccccc1C(=O)c1c(N)c2ccccc2n1C(=O)c1ccccc1[N+](=O)[O-]. The van der Waals surface area contributed by atoms with Crippen LogP contribution in [0.2, 0.25) is 0 Å². The van der Waals surface area contributed by atoms with E-state index in [9.17, 15) is 24.5 Å². The number of fused-ring (bicyclic) bond motifs is 1. The summed E-state index contributed by atoms with van der Waals surface area (Å²) in [4.78, 5) is 50.7. The van der Waals surface area contributed by atoms with Gasteiger partial charge in [-0.1, -0.05) is 48.5 Å². The lowest BCUT2D eigenvalue weighted by atomic mass is 10.0. The number of nitro benzene ring substituents is 1. The first-order valence-corrected chi connectivity index (χ1v) is 10.3. The molecule has 9 heteroatoms. The van der Waals surface area contributed by atoms with Crippen molar-refractivity contribution < 1.29 is 24.0 Å². The second kappa shape index (κ2) is 8.99. The van der Waals surface area contributed by atoms with Crippen molar-refractivity contribution in [3.05, 3.63) is 105 Å². The molecule has 0 fully saturated rings. The van der Waals surface area contributed by atoms with E-state index in [-0.39, 0.29) is 34.7 Å². The van der Waals surface area contributed by atoms with E-state index in [1.54, 1.807) is 43.3 Å². The number of nitro groups is 1. The predicted molar refractivity (Wildman–Crippen MR) is 125 cm³/mol. The molecule has 0 aliphatic carbocycles. The van der Waals surface area contributed by atoms with Gasteiger partial charge in [0.25, 0.3) is 11.6 Å². The van der Waals surface area contributed by atoms with Crippen molar-refractivity contribution in [2.24, 2.45) is 0 Å². The first kappa shape index (κ1) is 22.4. The van der Waals surface area contributed by atoms with Crippen molar-refractivity contribution in [2.75, 3.05) is 12.3 Å². The topological polar surface area (TPSA) is 135 Å². The smallest absolute Gasteiger partial charge is 0.338 e. The second-order valence-electron chi connectivity index (χ2n) is 7.29. The molecule has 0 aliphatic heterocycles. The highest BCUT2D eigenvalue weighted by atomic mass is 16.6. The molecule has 0 amide bonds. The highest BCUT2D eigenvalue weighted by Gasteiger charge is 2.31. The minimum absolute atomic E-state index is 0.00734. The Hall–Kier alpha value is -4.79. The monoisotopic (exact) mass is 457 g/mol. The number of anilines is 1. The maximum Gasteiger partial charge on any atom is 0.338 e. The maximum absolute atomic E-state index is 13.7. The largest absolute Gasteiger partial charge is 0.462 e. The van der Waals surface area contributed by atoms with Crippen LogP contribution in [0.5, 0.6) is 0 Å². The summed E-state index contributed by atoms with van der Waals surface area (Å²) in [5.41, 5.74) is 5.86. The number of nitrogen functional groups attached to an aromatic ring is 1. The Morgan fingerprint density at radius 2 is 1.50 bits per heavy atom. The summed E-state index contributed by atoms with van der Waals surface area (Å²) >= 11 is 0. The summed E-state index contributed by atoms with van der Waals surface area (Å²) in [6.45, 7) is 1.75. The molecule has 4 rings (SSSR count). The van der Waals surface area contributed by atoms with Gasteiger partial charge in [-0.3, -0.25) is 24.3 Å². The van der Waals surface area contributed by atoms with Gasteiger partial charge in [0.05, 0.1) is 28.3 Å². The van der Waals surface area contributed by atoms with Crippen molar-refractivity contribution in [1.82, 2.24) is 4.57 Å². The molecule has 0 unspecified atom stereocenters. The third-order valence-corrected chi connectivity index (χ3v) is 5.33. The molecule has 2 N–H and O–H groups in total. The number of rotatable bonds is 6. The Labute approximate surface area is 193 Å². The van der Waals surface area contributed by atoms with Crippen LogP contribution in [-0.2, 0) is 4.74 Å². The van der Waals surface area contributed by atoms with E-state index in [1.807, 2.05) is 0 Å². The van der Waals surface area contributed by atoms with Crippen molar-refractivity contribution in [2.45, 2.75) is 6.92 Å². The van der Waals surface area contributed by atoms with Gasteiger partial charge in [0.2, 0.25) is 5.78 Å². The molecule has 0 aliphatic rings. The van der Waals surface area contributed by atoms with Gasteiger partial charge in [-0.2, -0.15) is 0 Å². The van der Waals surface area contributed by atoms with E-state index in [0.29, 0.717) is 10.9 Å². The lowest BCUT2D eigenvalue weighted by molar-refractivity contribution is -0.385. The average Bonchev–Trinajstić information content (AvgIpc) is 3.15. The summed E-state index contributed by atoms with van der Waals surface area (Å²) in [5, 5.41) is 12.0. The Bertz CT molecular complexity index is 1470. The van der Waals surface area contributed by atoms with Gasteiger partial charge in [-0.25, -0.2) is 4.79 Å². The van der Waals surface area contributed by atoms with Crippen molar-refractivity contribution in [1.29, 1.82) is 0 Å². The van der Waals surface area contributed by atoms with Crippen LogP contribution in [0.4, 0.5) is 11.4 Å². The van der Waals surface area contributed by atoms with Crippen LogP contribution in [0.3, 0.4) is 0 Å². The van der Waals surface area contributed by atoms with Gasteiger partial charge in [-0.15, -0.1) is 0 Å². The second-order valence-corrected chi connectivity index (χ2v) is 7.29. The molecule has 0 radical (unpaired) electrons. The molecule has 170 valence electrons. The molecule has 4 aromatic rings. The lowest BCUT2D eigenvalue weighted by Gasteiger charge is -2.12. The minimum Gasteiger partial charge on any atom is -0.462 e. The number of aromatic nitrogens is 1. The standard InChI is InChI=1S/C25H19N3O6/c1-2-34-25(31)16-10-4-3-9-15(16)23(29)22-21(26)17-11-5-7-13-19(17)27(22)24(30)18-12-6-8-14-20(18)28(32)33/h3-14H,2,26H2,1H3. The molecule has 0 spiro atoms. The quantitative estimate of drug-likeness (QED) is 0.198. The highest BCUT2D eigenvalue weighted by Crippen LogP contribution is 2.33. The number of carbonyl (C=O) groups is 3. The summed E-state index contributed by atoms with van der Waals surface area (Å²) in [6, 6.07) is 18.1. The van der Waals surface area contributed by atoms with Gasteiger partial charge in [0.15, 0.2) is 0 Å². The number of hydrogen-bond donors (Lipinski definition) is 1. The number of nitrogens with zero attached hydrogens (tertiary/aromatic N) is 2. The summed E-state index contributed by atoms with van der Waals surface area (Å²) in [7, 11) is 0. The lowest BCUT2D eigenvalue weighted by Crippen LogP contribution is -2.22. The molecule has 0 saturated carbocycles. The zero-order valence-corrected chi connectivity index (χ0v) is 18.1. The molecule has 1 aromatic heterocycles. The Morgan fingerprint density at radius 3 is 2.18 bits per heavy atom. The van der Waals surface area contributed by atoms with Crippen LogP contribution < -0.4 is 5.73 Å². The average molecular weight is 457 g/mol. The van der Waals surface area contributed by atoms with E-state index in [4.69, 9.17) is 10.5 Å². The normalized spacial score (nSPS) is 10.7. The fraction of sp³-hybridized carbons (Fsp3) is 0.0800. The highest BCUT2D eigenvalue weighted by molar-refractivity contribution is 6.23. The molecular formula is C25H19N3O6. The molecule has 0 bridgehead atoms. The summed E-state index contributed by atoms with van der Waals surface area (Å²) in [6.07, 6.45) is 0. The van der Waals surface area contributed by atoms with Crippen LogP contribution in [0, 0.1) is 10.1 Å². The van der Waals surface area contributed by atoms with Crippen molar-refractivity contribution >= 4 is 39.9 Å². The van der Waals surface area contributed by atoms with E-state index in [1.165, 1.54) is 36.4 Å². The number of carbonyl (C=O) groups excluding carboxylic acids is 3. The number of ether oxygens (including phenoxy) is 1. The van der Waals surface area contributed by atoms with E-state index in [2.05, 4.69) is 0 Å². The molecule has 0 atom stereocenters. The number of ketones is 1.